The summed E-state index contributed by atoms with van der Waals surface area (Å²) < 4.78 is 10.1. The van der Waals surface area contributed by atoms with E-state index < -0.39 is 0 Å². The van der Waals surface area contributed by atoms with Crippen LogP contribution >= 0.6 is 0 Å². The van der Waals surface area contributed by atoms with Gasteiger partial charge in [0.25, 0.3) is 5.91 Å². The number of likely N-dealkylation sites (tertiary alicyclic amines) is 1. The molecule has 1 saturated heterocycles. The van der Waals surface area contributed by atoms with Crippen LogP contribution in [0.4, 0.5) is 0 Å². The van der Waals surface area contributed by atoms with Gasteiger partial charge in [0.15, 0.2) is 11.5 Å². The Morgan fingerprint density at radius 1 is 1.19 bits per heavy atom. The second-order valence-corrected chi connectivity index (χ2v) is 8.33. The van der Waals surface area contributed by atoms with Gasteiger partial charge in [-0.1, -0.05) is 0 Å². The number of amides is 1. The molecule has 0 radical (unpaired) electrons. The summed E-state index contributed by atoms with van der Waals surface area (Å²) in [5.74, 6) is 0.737. The second-order valence-electron chi connectivity index (χ2n) is 8.33. The molecule has 31 heavy (non-hydrogen) atoms. The van der Waals surface area contributed by atoms with E-state index in [-0.39, 0.29) is 11.5 Å². The molecule has 6 rings (SSSR count). The van der Waals surface area contributed by atoms with Gasteiger partial charge < -0.3 is 14.2 Å². The number of aromatic nitrogens is 6. The number of nitrogens with zero attached hydrogens (tertiary/aromatic N) is 6. The molecule has 6 heterocycles. The van der Waals surface area contributed by atoms with Crippen molar-refractivity contribution in [2.75, 3.05) is 19.7 Å². The van der Waals surface area contributed by atoms with Gasteiger partial charge in [0.05, 0.1) is 29.8 Å². The standard InChI is InChI=1S/C22H23N7O2/c1-27-9-2-3-17(27)20-26-24-18-5-4-16(14-29(18)20)21(30)28-10-7-22(8-11-28)19-15(6-12-31-22)13-23-25-19/h2-5,9,13-14H,6-8,10-12H2,1H3,(H,23,25). The predicted molar refractivity (Wildman–Crippen MR) is 112 cm³/mol. The summed E-state index contributed by atoms with van der Waals surface area (Å²) in [7, 11) is 1.97. The molecular weight excluding hydrogens is 394 g/mol. The van der Waals surface area contributed by atoms with Crippen molar-refractivity contribution in [2.24, 2.45) is 7.05 Å². The van der Waals surface area contributed by atoms with Crippen molar-refractivity contribution in [3.8, 4) is 11.5 Å². The number of pyridine rings is 1. The number of nitrogens with one attached hydrogen (secondary N) is 1. The summed E-state index contributed by atoms with van der Waals surface area (Å²) in [5.41, 5.74) is 4.26. The lowest BCUT2D eigenvalue weighted by molar-refractivity contribution is -0.0962. The quantitative estimate of drug-likeness (QED) is 0.540. The normalized spacial score (nSPS) is 17.9. The lowest BCUT2D eigenvalue weighted by atomic mass is 9.83. The van der Waals surface area contributed by atoms with Crippen molar-refractivity contribution in [3.63, 3.8) is 0 Å². The smallest absolute Gasteiger partial charge is 0.255 e. The van der Waals surface area contributed by atoms with Gasteiger partial charge in [0.2, 0.25) is 0 Å². The van der Waals surface area contributed by atoms with Crippen LogP contribution in [0.25, 0.3) is 17.2 Å². The zero-order chi connectivity index (χ0) is 21.0. The van der Waals surface area contributed by atoms with Gasteiger partial charge in [-0.15, -0.1) is 10.2 Å². The Morgan fingerprint density at radius 3 is 2.87 bits per heavy atom. The molecule has 1 spiro atoms. The third-order valence-corrected chi connectivity index (χ3v) is 6.60. The lowest BCUT2D eigenvalue weighted by Gasteiger charge is -2.43. The monoisotopic (exact) mass is 417 g/mol. The summed E-state index contributed by atoms with van der Waals surface area (Å²) in [6.45, 7) is 1.98. The fourth-order valence-electron chi connectivity index (χ4n) is 4.86. The first-order chi connectivity index (χ1) is 15.1. The van der Waals surface area contributed by atoms with Crippen molar-refractivity contribution < 1.29 is 9.53 Å². The van der Waals surface area contributed by atoms with E-state index in [2.05, 4.69) is 20.4 Å². The number of piperidine rings is 1. The number of aromatic amines is 1. The Kier molecular flexibility index (Phi) is 4.01. The Morgan fingerprint density at radius 2 is 2.06 bits per heavy atom. The van der Waals surface area contributed by atoms with Crippen LogP contribution in [0.15, 0.2) is 42.9 Å². The molecule has 0 atom stereocenters. The number of carbonyl (C=O) groups excluding carboxylic acids is 1. The molecule has 0 aromatic carbocycles. The topological polar surface area (TPSA) is 93.3 Å². The van der Waals surface area contributed by atoms with E-state index in [0.29, 0.717) is 30.9 Å². The fourth-order valence-corrected chi connectivity index (χ4v) is 4.86. The van der Waals surface area contributed by atoms with Crippen LogP contribution in [0.1, 0.15) is 34.5 Å². The molecule has 1 N–H and O–H groups in total. The molecule has 1 fully saturated rings. The minimum absolute atomic E-state index is 0.0175. The first-order valence-corrected chi connectivity index (χ1v) is 10.6. The number of rotatable bonds is 2. The first-order valence-electron chi connectivity index (χ1n) is 10.6. The summed E-state index contributed by atoms with van der Waals surface area (Å²) in [4.78, 5) is 15.2. The third kappa shape index (κ3) is 2.80. The van der Waals surface area contributed by atoms with Crippen LogP contribution in [-0.2, 0) is 23.8 Å². The predicted octanol–water partition coefficient (Wildman–Crippen LogP) is 2.16. The number of hydrogen-bond acceptors (Lipinski definition) is 5. The summed E-state index contributed by atoms with van der Waals surface area (Å²) in [6, 6.07) is 7.63. The summed E-state index contributed by atoms with van der Waals surface area (Å²) in [5, 5.41) is 15.9. The molecule has 2 aliphatic rings. The highest BCUT2D eigenvalue weighted by atomic mass is 16.5. The van der Waals surface area contributed by atoms with E-state index in [9.17, 15) is 4.79 Å². The van der Waals surface area contributed by atoms with Crippen LogP contribution in [-0.4, -0.2) is 59.9 Å². The van der Waals surface area contributed by atoms with Crippen molar-refractivity contribution in [3.05, 3.63) is 59.7 Å². The van der Waals surface area contributed by atoms with Crippen molar-refractivity contribution >= 4 is 11.6 Å². The average molecular weight is 417 g/mol. The van der Waals surface area contributed by atoms with Gasteiger partial charge in [-0.2, -0.15) is 5.10 Å². The Balaban J connectivity index is 1.26. The molecule has 1 amide bonds. The van der Waals surface area contributed by atoms with Gasteiger partial charge in [-0.3, -0.25) is 14.3 Å². The Hall–Kier alpha value is -3.46. The molecule has 9 nitrogen and oxygen atoms in total. The maximum atomic E-state index is 13.3. The average Bonchev–Trinajstić information content (AvgIpc) is 3.53. The SMILES string of the molecule is Cn1cccc1-c1nnc2ccc(C(=O)N3CCC4(CC3)OCCc3cn[nH]c34)cn12. The number of hydrogen-bond donors (Lipinski definition) is 1. The zero-order valence-corrected chi connectivity index (χ0v) is 17.3. The van der Waals surface area contributed by atoms with Gasteiger partial charge in [0, 0.05) is 32.5 Å². The molecule has 4 aromatic rings. The highest BCUT2D eigenvalue weighted by Gasteiger charge is 2.43. The third-order valence-electron chi connectivity index (χ3n) is 6.60. The van der Waals surface area contributed by atoms with E-state index in [1.165, 1.54) is 5.56 Å². The van der Waals surface area contributed by atoms with E-state index in [1.54, 1.807) is 0 Å². The molecule has 158 valence electrons. The summed E-state index contributed by atoms with van der Waals surface area (Å²) >= 11 is 0. The Bertz CT molecular complexity index is 1280. The maximum Gasteiger partial charge on any atom is 0.255 e. The first kappa shape index (κ1) is 18.3. The fraction of sp³-hybridized carbons (Fsp3) is 0.364. The number of carbonyl (C=O) groups is 1. The van der Waals surface area contributed by atoms with E-state index in [4.69, 9.17) is 4.74 Å². The Labute approximate surface area is 178 Å². The lowest BCUT2D eigenvalue weighted by Crippen LogP contribution is -2.48. The molecule has 0 saturated carbocycles. The van der Waals surface area contributed by atoms with Gasteiger partial charge in [0.1, 0.15) is 5.60 Å². The molecule has 0 unspecified atom stereocenters. The molecule has 0 aliphatic carbocycles. The van der Waals surface area contributed by atoms with E-state index in [0.717, 1.165) is 36.5 Å². The van der Waals surface area contributed by atoms with Gasteiger partial charge >= 0.3 is 0 Å². The zero-order valence-electron chi connectivity index (χ0n) is 17.3. The number of ether oxygens (including phenoxy) is 1. The molecule has 9 heteroatoms. The van der Waals surface area contributed by atoms with Crippen molar-refractivity contribution in [1.29, 1.82) is 0 Å². The molecule has 0 bridgehead atoms. The highest BCUT2D eigenvalue weighted by Crippen LogP contribution is 2.40. The van der Waals surface area contributed by atoms with Crippen LogP contribution < -0.4 is 0 Å². The molecule has 2 aliphatic heterocycles. The van der Waals surface area contributed by atoms with Gasteiger partial charge in [-0.05, 0) is 49.1 Å². The molecular formula is C22H23N7O2. The summed E-state index contributed by atoms with van der Waals surface area (Å²) in [6.07, 6.45) is 8.12. The van der Waals surface area contributed by atoms with Crippen LogP contribution in [0.2, 0.25) is 0 Å². The van der Waals surface area contributed by atoms with E-state index >= 15 is 0 Å². The van der Waals surface area contributed by atoms with Crippen molar-refractivity contribution in [1.82, 2.24) is 34.3 Å². The molecule has 4 aromatic heterocycles. The van der Waals surface area contributed by atoms with Gasteiger partial charge in [-0.25, -0.2) is 0 Å². The number of aryl methyl sites for hydroxylation is 1. The van der Waals surface area contributed by atoms with Crippen LogP contribution in [0, 0.1) is 0 Å². The van der Waals surface area contributed by atoms with E-state index in [1.807, 2.05) is 63.8 Å². The maximum absolute atomic E-state index is 13.3. The second kappa shape index (κ2) is 6.78. The largest absolute Gasteiger partial charge is 0.368 e. The van der Waals surface area contributed by atoms with Crippen LogP contribution in [0.5, 0.6) is 0 Å². The van der Waals surface area contributed by atoms with Crippen LogP contribution in [0.3, 0.4) is 0 Å². The highest BCUT2D eigenvalue weighted by molar-refractivity contribution is 5.94. The minimum Gasteiger partial charge on any atom is -0.368 e. The minimum atomic E-state index is -0.348. The van der Waals surface area contributed by atoms with Crippen molar-refractivity contribution in [2.45, 2.75) is 24.9 Å². The number of H-pyrrole nitrogens is 1. The number of fused-ring (bicyclic) bond motifs is 3.